The maximum Gasteiger partial charge on any atom is 0.233 e. The Bertz CT molecular complexity index is 609. The van der Waals surface area contributed by atoms with Gasteiger partial charge in [-0.15, -0.1) is 0 Å². The average Bonchev–Trinajstić information content (AvgIpc) is 2.73. The highest BCUT2D eigenvalue weighted by Crippen LogP contribution is 2.35. The number of hydrogen-bond donors (Lipinski definition) is 0. The minimum atomic E-state index is -0.291. The molecule has 0 saturated carbocycles. The molecule has 4 nitrogen and oxygen atoms in total. The Kier molecular flexibility index (Phi) is 3.64. The van der Waals surface area contributed by atoms with Crippen molar-refractivity contribution in [2.75, 3.05) is 6.54 Å². The smallest absolute Gasteiger partial charge is 0.233 e. The monoisotopic (exact) mass is 303 g/mol. The van der Waals surface area contributed by atoms with E-state index in [-0.39, 0.29) is 36.0 Å². The van der Waals surface area contributed by atoms with Gasteiger partial charge in [0, 0.05) is 10.6 Å². The summed E-state index contributed by atoms with van der Waals surface area (Å²) in [6, 6.07) is 6.44. The van der Waals surface area contributed by atoms with Gasteiger partial charge in [0.15, 0.2) is 5.78 Å². The summed E-state index contributed by atoms with van der Waals surface area (Å²) in [6.07, 6.45) is 5.02. The molecule has 0 N–H and O–H groups in total. The quantitative estimate of drug-likeness (QED) is 0.490. The van der Waals surface area contributed by atoms with Crippen molar-refractivity contribution in [3.05, 3.63) is 47.0 Å². The summed E-state index contributed by atoms with van der Waals surface area (Å²) >= 11 is 5.78. The zero-order valence-corrected chi connectivity index (χ0v) is 12.0. The van der Waals surface area contributed by atoms with Crippen LogP contribution in [0.4, 0.5) is 0 Å². The van der Waals surface area contributed by atoms with Gasteiger partial charge in [-0.3, -0.25) is 19.3 Å². The summed E-state index contributed by atoms with van der Waals surface area (Å²) in [6.45, 7) is -0.188. The van der Waals surface area contributed by atoms with Gasteiger partial charge < -0.3 is 0 Å². The first-order chi connectivity index (χ1) is 10.1. The van der Waals surface area contributed by atoms with Crippen molar-refractivity contribution < 1.29 is 14.4 Å². The number of halogens is 1. The minimum absolute atomic E-state index is 0.188. The normalized spacial score (nSPS) is 24.3. The Morgan fingerprint density at radius 1 is 1.05 bits per heavy atom. The predicted molar refractivity (Wildman–Crippen MR) is 77.9 cm³/mol. The molecule has 3 rings (SSSR count). The van der Waals surface area contributed by atoms with E-state index in [1.165, 1.54) is 0 Å². The van der Waals surface area contributed by atoms with Crippen LogP contribution in [0.1, 0.15) is 23.2 Å². The molecule has 0 unspecified atom stereocenters. The number of carbonyl (C=O) groups is 3. The number of rotatable bonds is 3. The Morgan fingerprint density at radius 3 is 2.10 bits per heavy atom. The van der Waals surface area contributed by atoms with Crippen molar-refractivity contribution >= 4 is 29.2 Å². The Balaban J connectivity index is 1.76. The van der Waals surface area contributed by atoms with E-state index in [9.17, 15) is 14.4 Å². The maximum absolute atomic E-state index is 12.3. The zero-order valence-electron chi connectivity index (χ0n) is 11.3. The number of ketones is 1. The van der Waals surface area contributed by atoms with E-state index in [4.69, 9.17) is 11.6 Å². The fourth-order valence-electron chi connectivity index (χ4n) is 2.90. The molecule has 2 atom stereocenters. The molecule has 1 aromatic rings. The highest BCUT2D eigenvalue weighted by molar-refractivity contribution is 6.30. The molecule has 0 radical (unpaired) electrons. The van der Waals surface area contributed by atoms with Crippen LogP contribution in [0.3, 0.4) is 0 Å². The lowest BCUT2D eigenvalue weighted by Crippen LogP contribution is -2.36. The van der Waals surface area contributed by atoms with E-state index < -0.39 is 0 Å². The zero-order chi connectivity index (χ0) is 15.0. The fourth-order valence-corrected chi connectivity index (χ4v) is 3.02. The SMILES string of the molecule is O=C(CN1C(=O)[C@H]2CC=CC[C@@H]2C1=O)c1ccc(Cl)cc1. The summed E-state index contributed by atoms with van der Waals surface area (Å²) < 4.78 is 0. The van der Waals surface area contributed by atoms with Gasteiger partial charge in [-0.25, -0.2) is 0 Å². The van der Waals surface area contributed by atoms with Crippen molar-refractivity contribution in [3.8, 4) is 0 Å². The number of Topliss-reactive ketones (excluding diaryl/α,β-unsaturated/α-hetero) is 1. The average molecular weight is 304 g/mol. The Labute approximate surface area is 127 Å². The van der Waals surface area contributed by atoms with Gasteiger partial charge in [-0.2, -0.15) is 0 Å². The van der Waals surface area contributed by atoms with Crippen LogP contribution in [0.2, 0.25) is 5.02 Å². The molecule has 1 saturated heterocycles. The maximum atomic E-state index is 12.3. The number of likely N-dealkylation sites (tertiary alicyclic amines) is 1. The van der Waals surface area contributed by atoms with Crippen molar-refractivity contribution in [1.82, 2.24) is 4.90 Å². The second kappa shape index (κ2) is 5.45. The van der Waals surface area contributed by atoms with E-state index in [2.05, 4.69) is 0 Å². The lowest BCUT2D eigenvalue weighted by molar-refractivity contribution is -0.139. The van der Waals surface area contributed by atoms with Crippen LogP contribution in [0, 0.1) is 11.8 Å². The van der Waals surface area contributed by atoms with Gasteiger partial charge in [0.1, 0.15) is 0 Å². The summed E-state index contributed by atoms with van der Waals surface area (Å²) in [5.41, 5.74) is 0.452. The topological polar surface area (TPSA) is 54.5 Å². The molecule has 2 aliphatic rings. The molecule has 1 fully saturated rings. The first kappa shape index (κ1) is 14.0. The van der Waals surface area contributed by atoms with Crippen molar-refractivity contribution in [2.45, 2.75) is 12.8 Å². The third-order valence-electron chi connectivity index (χ3n) is 4.07. The van der Waals surface area contributed by atoms with Gasteiger partial charge in [0.05, 0.1) is 18.4 Å². The van der Waals surface area contributed by atoms with E-state index in [1.54, 1.807) is 24.3 Å². The summed E-state index contributed by atoms with van der Waals surface area (Å²) in [4.78, 5) is 37.9. The molecule has 108 valence electrons. The van der Waals surface area contributed by atoms with Gasteiger partial charge >= 0.3 is 0 Å². The van der Waals surface area contributed by atoms with Crippen LogP contribution in [-0.4, -0.2) is 29.0 Å². The van der Waals surface area contributed by atoms with Gasteiger partial charge in [0.25, 0.3) is 0 Å². The Hall–Kier alpha value is -1.94. The van der Waals surface area contributed by atoms with Gasteiger partial charge in [-0.1, -0.05) is 23.8 Å². The molecular weight excluding hydrogens is 290 g/mol. The second-order valence-corrected chi connectivity index (χ2v) is 5.78. The molecular formula is C16H14ClNO3. The van der Waals surface area contributed by atoms with Crippen LogP contribution >= 0.6 is 11.6 Å². The van der Waals surface area contributed by atoms with Gasteiger partial charge in [0.2, 0.25) is 11.8 Å². The molecule has 2 amide bonds. The number of allylic oxidation sites excluding steroid dienone is 2. The van der Waals surface area contributed by atoms with Crippen LogP contribution in [-0.2, 0) is 9.59 Å². The lowest BCUT2D eigenvalue weighted by Gasteiger charge is -2.14. The molecule has 1 heterocycles. The Morgan fingerprint density at radius 2 is 1.57 bits per heavy atom. The van der Waals surface area contributed by atoms with E-state index in [0.29, 0.717) is 23.4 Å². The van der Waals surface area contributed by atoms with Crippen molar-refractivity contribution in [1.29, 1.82) is 0 Å². The van der Waals surface area contributed by atoms with Crippen LogP contribution < -0.4 is 0 Å². The number of carbonyl (C=O) groups excluding carboxylic acids is 3. The third-order valence-corrected chi connectivity index (χ3v) is 4.32. The summed E-state index contributed by atoms with van der Waals surface area (Å²) in [5, 5.41) is 0.539. The molecule has 1 aliphatic heterocycles. The summed E-state index contributed by atoms with van der Waals surface area (Å²) in [5.74, 6) is -1.28. The molecule has 1 aromatic carbocycles. The van der Waals surface area contributed by atoms with Crippen molar-refractivity contribution in [3.63, 3.8) is 0 Å². The van der Waals surface area contributed by atoms with Crippen molar-refractivity contribution in [2.24, 2.45) is 11.8 Å². The number of imide groups is 1. The molecule has 0 spiro atoms. The molecule has 1 aliphatic carbocycles. The van der Waals surface area contributed by atoms with E-state index >= 15 is 0 Å². The fraction of sp³-hybridized carbons (Fsp3) is 0.312. The molecule has 21 heavy (non-hydrogen) atoms. The highest BCUT2D eigenvalue weighted by Gasteiger charge is 2.47. The minimum Gasteiger partial charge on any atom is -0.292 e. The molecule has 5 heteroatoms. The number of benzene rings is 1. The number of nitrogens with zero attached hydrogens (tertiary/aromatic N) is 1. The van der Waals surface area contributed by atoms with E-state index in [1.807, 2.05) is 12.2 Å². The largest absolute Gasteiger partial charge is 0.292 e. The van der Waals surface area contributed by atoms with Crippen LogP contribution in [0.5, 0.6) is 0 Å². The number of hydrogen-bond acceptors (Lipinski definition) is 3. The predicted octanol–water partition coefficient (Wildman–Crippen LogP) is 2.47. The number of fused-ring (bicyclic) bond motifs is 1. The third kappa shape index (κ3) is 2.51. The summed E-state index contributed by atoms with van der Waals surface area (Å²) in [7, 11) is 0. The number of amides is 2. The molecule has 0 aromatic heterocycles. The highest BCUT2D eigenvalue weighted by atomic mass is 35.5. The second-order valence-electron chi connectivity index (χ2n) is 5.35. The standard InChI is InChI=1S/C16H14ClNO3/c17-11-7-5-10(6-8-11)14(19)9-18-15(20)12-3-1-2-4-13(12)16(18)21/h1-2,5-8,12-13H,3-4,9H2/t12-,13-/m0/s1. The van der Waals surface area contributed by atoms with E-state index in [0.717, 1.165) is 4.90 Å². The van der Waals surface area contributed by atoms with Gasteiger partial charge in [-0.05, 0) is 37.1 Å². The first-order valence-electron chi connectivity index (χ1n) is 6.87. The van der Waals surface area contributed by atoms with Crippen LogP contribution in [0.15, 0.2) is 36.4 Å². The lowest BCUT2D eigenvalue weighted by atomic mass is 9.85. The molecule has 0 bridgehead atoms. The first-order valence-corrected chi connectivity index (χ1v) is 7.24. The van der Waals surface area contributed by atoms with Crippen LogP contribution in [0.25, 0.3) is 0 Å².